The third kappa shape index (κ3) is 3.14. The van der Waals surface area contributed by atoms with E-state index in [1.165, 1.54) is 11.8 Å². The Morgan fingerprint density at radius 1 is 1.25 bits per heavy atom. The highest BCUT2D eigenvalue weighted by molar-refractivity contribution is 6.32. The Hall–Kier alpha value is -1.94. The molecule has 4 nitrogen and oxygen atoms in total. The van der Waals surface area contributed by atoms with Gasteiger partial charge in [0.1, 0.15) is 10.7 Å². The van der Waals surface area contributed by atoms with Crippen molar-refractivity contribution >= 4 is 17.6 Å². The quantitative estimate of drug-likeness (QED) is 0.638. The number of carbonyl (C=O) groups is 1. The van der Waals surface area contributed by atoms with Gasteiger partial charge in [-0.15, -0.1) is 0 Å². The molecule has 0 fully saturated rings. The number of aromatic nitrogens is 2. The van der Waals surface area contributed by atoms with Crippen molar-refractivity contribution < 1.29 is 9.53 Å². The Labute approximate surface area is 122 Å². The third-order valence-electron chi connectivity index (χ3n) is 2.86. The number of aryl methyl sites for hydroxylation is 1. The normalized spacial score (nSPS) is 10.3. The Kier molecular flexibility index (Phi) is 4.69. The summed E-state index contributed by atoms with van der Waals surface area (Å²) in [5, 5.41) is 0.105. The van der Waals surface area contributed by atoms with Gasteiger partial charge in [-0.2, -0.15) is 0 Å². The van der Waals surface area contributed by atoms with E-state index in [1.807, 2.05) is 24.3 Å². The van der Waals surface area contributed by atoms with Crippen LogP contribution in [0.2, 0.25) is 5.15 Å². The predicted octanol–water partition coefficient (Wildman–Crippen LogP) is 3.54. The molecule has 0 unspecified atom stereocenters. The first-order valence-corrected chi connectivity index (χ1v) is 6.82. The number of halogens is 1. The Bertz CT molecular complexity index is 612. The molecule has 0 saturated carbocycles. The second-order valence-corrected chi connectivity index (χ2v) is 4.53. The van der Waals surface area contributed by atoms with Crippen LogP contribution in [0.1, 0.15) is 29.8 Å². The van der Waals surface area contributed by atoms with Crippen molar-refractivity contribution in [1.29, 1.82) is 0 Å². The van der Waals surface area contributed by atoms with Gasteiger partial charge >= 0.3 is 5.97 Å². The lowest BCUT2D eigenvalue weighted by Gasteiger charge is -2.06. The molecule has 1 heterocycles. The zero-order valence-electron chi connectivity index (χ0n) is 11.4. The van der Waals surface area contributed by atoms with Crippen LogP contribution in [0.3, 0.4) is 0 Å². The largest absolute Gasteiger partial charge is 0.462 e. The minimum absolute atomic E-state index is 0.105. The van der Waals surface area contributed by atoms with Crippen molar-refractivity contribution in [1.82, 2.24) is 9.97 Å². The van der Waals surface area contributed by atoms with Gasteiger partial charge in [-0.25, -0.2) is 14.8 Å². The highest BCUT2D eigenvalue weighted by atomic mass is 35.5. The van der Waals surface area contributed by atoms with E-state index in [0.29, 0.717) is 5.82 Å². The number of esters is 1. The summed E-state index contributed by atoms with van der Waals surface area (Å²) in [5.74, 6) is -0.0175. The predicted molar refractivity (Wildman–Crippen MR) is 77.8 cm³/mol. The molecule has 0 amide bonds. The number of rotatable bonds is 4. The summed E-state index contributed by atoms with van der Waals surface area (Å²) in [6, 6.07) is 7.92. The summed E-state index contributed by atoms with van der Waals surface area (Å²) in [6.45, 7) is 4.11. The zero-order chi connectivity index (χ0) is 14.5. The molecule has 0 spiro atoms. The smallest absolute Gasteiger partial charge is 0.342 e. The summed E-state index contributed by atoms with van der Waals surface area (Å²) in [5.41, 5.74) is 2.28. The SMILES string of the molecule is CCOC(=O)c1cnc(-c2ccc(CC)cc2)nc1Cl. The maximum atomic E-state index is 11.6. The van der Waals surface area contributed by atoms with E-state index in [1.54, 1.807) is 6.92 Å². The van der Waals surface area contributed by atoms with Gasteiger partial charge in [-0.1, -0.05) is 42.8 Å². The van der Waals surface area contributed by atoms with Crippen LogP contribution in [0.15, 0.2) is 30.5 Å². The molecule has 20 heavy (non-hydrogen) atoms. The molecule has 0 aliphatic carbocycles. The molecule has 104 valence electrons. The number of nitrogens with zero attached hydrogens (tertiary/aromatic N) is 2. The van der Waals surface area contributed by atoms with Gasteiger partial charge in [0.2, 0.25) is 0 Å². The monoisotopic (exact) mass is 290 g/mol. The van der Waals surface area contributed by atoms with Crippen LogP contribution in [0.25, 0.3) is 11.4 Å². The molecule has 0 saturated heterocycles. The van der Waals surface area contributed by atoms with Gasteiger partial charge < -0.3 is 4.74 Å². The lowest BCUT2D eigenvalue weighted by atomic mass is 10.1. The lowest BCUT2D eigenvalue weighted by Crippen LogP contribution is -2.07. The number of hydrogen-bond donors (Lipinski definition) is 0. The Morgan fingerprint density at radius 2 is 1.95 bits per heavy atom. The average molecular weight is 291 g/mol. The maximum Gasteiger partial charge on any atom is 0.342 e. The summed E-state index contributed by atoms with van der Waals surface area (Å²) in [4.78, 5) is 19.9. The Balaban J connectivity index is 2.30. The fourth-order valence-electron chi connectivity index (χ4n) is 1.74. The van der Waals surface area contributed by atoms with Crippen molar-refractivity contribution in [3.05, 3.63) is 46.7 Å². The zero-order valence-corrected chi connectivity index (χ0v) is 12.1. The van der Waals surface area contributed by atoms with Crippen molar-refractivity contribution in [2.75, 3.05) is 6.61 Å². The molecule has 2 rings (SSSR count). The summed E-state index contributed by atoms with van der Waals surface area (Å²) in [7, 11) is 0. The maximum absolute atomic E-state index is 11.6. The molecule has 0 atom stereocenters. The van der Waals surface area contributed by atoms with Crippen LogP contribution in [-0.2, 0) is 11.2 Å². The second kappa shape index (κ2) is 6.48. The van der Waals surface area contributed by atoms with E-state index in [4.69, 9.17) is 16.3 Å². The highest BCUT2D eigenvalue weighted by Gasteiger charge is 2.14. The number of hydrogen-bond acceptors (Lipinski definition) is 4. The van der Waals surface area contributed by atoms with Gasteiger partial charge in [0.15, 0.2) is 5.82 Å². The molecular weight excluding hydrogens is 276 g/mol. The van der Waals surface area contributed by atoms with E-state index >= 15 is 0 Å². The highest BCUT2D eigenvalue weighted by Crippen LogP contribution is 2.20. The number of benzene rings is 1. The van der Waals surface area contributed by atoms with Crippen LogP contribution in [0.5, 0.6) is 0 Å². The van der Waals surface area contributed by atoms with Gasteiger partial charge in [0, 0.05) is 11.8 Å². The van der Waals surface area contributed by atoms with E-state index < -0.39 is 5.97 Å². The number of carbonyl (C=O) groups excluding carboxylic acids is 1. The van der Waals surface area contributed by atoms with Gasteiger partial charge in [-0.3, -0.25) is 0 Å². The molecule has 2 aromatic rings. The van der Waals surface area contributed by atoms with Crippen LogP contribution in [0, 0.1) is 0 Å². The minimum Gasteiger partial charge on any atom is -0.462 e. The van der Waals surface area contributed by atoms with E-state index in [-0.39, 0.29) is 17.3 Å². The van der Waals surface area contributed by atoms with Crippen molar-refractivity contribution in [2.24, 2.45) is 0 Å². The van der Waals surface area contributed by atoms with E-state index in [9.17, 15) is 4.79 Å². The topological polar surface area (TPSA) is 52.1 Å². The molecule has 5 heteroatoms. The van der Waals surface area contributed by atoms with E-state index in [0.717, 1.165) is 12.0 Å². The van der Waals surface area contributed by atoms with Crippen LogP contribution in [-0.4, -0.2) is 22.5 Å². The van der Waals surface area contributed by atoms with Crippen LogP contribution in [0.4, 0.5) is 0 Å². The molecular formula is C15H15ClN2O2. The van der Waals surface area contributed by atoms with Gasteiger partial charge in [0.05, 0.1) is 6.61 Å². The standard InChI is InChI=1S/C15H15ClN2O2/c1-3-10-5-7-11(8-6-10)14-17-9-12(13(16)18-14)15(19)20-4-2/h5-9H,3-4H2,1-2H3. The summed E-state index contributed by atoms with van der Waals surface area (Å²) in [6.07, 6.45) is 2.38. The summed E-state index contributed by atoms with van der Waals surface area (Å²) < 4.78 is 4.88. The molecule has 1 aromatic heterocycles. The van der Waals surface area contributed by atoms with Crippen LogP contribution >= 0.6 is 11.6 Å². The summed E-state index contributed by atoms with van der Waals surface area (Å²) >= 11 is 6.02. The van der Waals surface area contributed by atoms with Crippen molar-refractivity contribution in [3.8, 4) is 11.4 Å². The number of ether oxygens (including phenoxy) is 1. The van der Waals surface area contributed by atoms with Crippen molar-refractivity contribution in [2.45, 2.75) is 20.3 Å². The molecule has 1 aromatic carbocycles. The second-order valence-electron chi connectivity index (χ2n) is 4.17. The average Bonchev–Trinajstić information content (AvgIpc) is 2.47. The molecule has 0 bridgehead atoms. The third-order valence-corrected chi connectivity index (χ3v) is 3.15. The fraction of sp³-hybridized carbons (Fsp3) is 0.267. The van der Waals surface area contributed by atoms with Gasteiger partial charge in [-0.05, 0) is 18.9 Å². The van der Waals surface area contributed by atoms with Gasteiger partial charge in [0.25, 0.3) is 0 Å². The van der Waals surface area contributed by atoms with Crippen molar-refractivity contribution in [3.63, 3.8) is 0 Å². The molecule has 0 N–H and O–H groups in total. The fourth-order valence-corrected chi connectivity index (χ4v) is 1.94. The lowest BCUT2D eigenvalue weighted by molar-refractivity contribution is 0.0525. The van der Waals surface area contributed by atoms with E-state index in [2.05, 4.69) is 16.9 Å². The molecule has 0 aliphatic heterocycles. The first kappa shape index (κ1) is 14.5. The molecule has 0 aliphatic rings. The first-order chi connectivity index (χ1) is 9.65. The Morgan fingerprint density at radius 3 is 2.50 bits per heavy atom. The first-order valence-electron chi connectivity index (χ1n) is 6.44. The molecule has 0 radical (unpaired) electrons. The minimum atomic E-state index is -0.509. The van der Waals surface area contributed by atoms with Crippen LogP contribution < -0.4 is 0 Å².